The van der Waals surface area contributed by atoms with Crippen LogP contribution in [0.1, 0.15) is 42.0 Å². The van der Waals surface area contributed by atoms with E-state index in [1.807, 2.05) is 48.5 Å². The van der Waals surface area contributed by atoms with Crippen LogP contribution in [0.15, 0.2) is 76.6 Å². The Morgan fingerprint density at radius 2 is 1.90 bits per heavy atom. The van der Waals surface area contributed by atoms with Crippen molar-refractivity contribution in [1.29, 1.82) is 0 Å². The van der Waals surface area contributed by atoms with Gasteiger partial charge in [0, 0.05) is 16.7 Å². The minimum atomic E-state index is -0.136. The molecule has 2 aromatic carbocycles. The molecule has 0 bridgehead atoms. The number of para-hydroxylation sites is 1. The molecular formula is C24H24N2O2S. The second-order valence-corrected chi connectivity index (χ2v) is 8.49. The number of nitrogens with zero attached hydrogens (tertiary/aromatic N) is 2. The summed E-state index contributed by atoms with van der Waals surface area (Å²) in [6, 6.07) is 20.1. The van der Waals surface area contributed by atoms with E-state index in [0.717, 1.165) is 22.5 Å². The van der Waals surface area contributed by atoms with Crippen LogP contribution < -0.4 is 15.1 Å². The molecule has 0 spiro atoms. The highest BCUT2D eigenvalue weighted by Crippen LogP contribution is 2.51. The summed E-state index contributed by atoms with van der Waals surface area (Å²) in [6.07, 6.45) is 1.80. The van der Waals surface area contributed by atoms with E-state index in [4.69, 9.17) is 4.74 Å². The van der Waals surface area contributed by atoms with Crippen LogP contribution in [0.3, 0.4) is 0 Å². The van der Waals surface area contributed by atoms with Gasteiger partial charge in [0.25, 0.3) is 0 Å². The van der Waals surface area contributed by atoms with E-state index in [0.29, 0.717) is 18.2 Å². The van der Waals surface area contributed by atoms with Crippen molar-refractivity contribution in [2.45, 2.75) is 36.6 Å². The average molecular weight is 405 g/mol. The summed E-state index contributed by atoms with van der Waals surface area (Å²) in [5.41, 5.74) is 3.85. The Labute approximate surface area is 175 Å². The minimum Gasteiger partial charge on any atom is -0.493 e. The van der Waals surface area contributed by atoms with Gasteiger partial charge in [0.1, 0.15) is 5.37 Å². The molecule has 0 saturated carbocycles. The molecule has 148 valence electrons. The monoisotopic (exact) mass is 404 g/mol. The fourth-order valence-corrected chi connectivity index (χ4v) is 4.88. The van der Waals surface area contributed by atoms with E-state index in [1.165, 1.54) is 4.90 Å². The maximum absolute atomic E-state index is 13.3. The average Bonchev–Trinajstić information content (AvgIpc) is 2.99. The number of rotatable bonds is 5. The van der Waals surface area contributed by atoms with Crippen molar-refractivity contribution in [3.63, 3.8) is 0 Å². The number of ether oxygens (including phenoxy) is 1. The number of thioether (sulfide) groups is 1. The molecule has 1 aromatic heterocycles. The molecule has 0 fully saturated rings. The second kappa shape index (κ2) is 8.29. The standard InChI is InChI=1S/C24H24N2O2S/c1-16(2)17-11-12-19(23(27)21(14-17)28-3)24-26(15-18-8-6-7-13-25-18)20-9-4-5-10-22(20)29-24/h4-14,16,24H,15H2,1-3H3. The second-order valence-electron chi connectivity index (χ2n) is 7.37. The summed E-state index contributed by atoms with van der Waals surface area (Å²) in [5.74, 6) is 0.699. The highest BCUT2D eigenvalue weighted by Gasteiger charge is 2.33. The molecule has 0 N–H and O–H groups in total. The zero-order valence-corrected chi connectivity index (χ0v) is 17.6. The summed E-state index contributed by atoms with van der Waals surface area (Å²) in [6.45, 7) is 4.87. The maximum atomic E-state index is 13.3. The topological polar surface area (TPSA) is 42.4 Å². The van der Waals surface area contributed by atoms with Crippen molar-refractivity contribution in [3.05, 3.63) is 93.9 Å². The van der Waals surface area contributed by atoms with Crippen LogP contribution in [-0.2, 0) is 6.54 Å². The zero-order chi connectivity index (χ0) is 20.4. The molecule has 2 heterocycles. The lowest BCUT2D eigenvalue weighted by atomic mass is 10.1. The van der Waals surface area contributed by atoms with Crippen LogP contribution in [0.5, 0.6) is 5.75 Å². The summed E-state index contributed by atoms with van der Waals surface area (Å²) in [7, 11) is 1.56. The molecule has 1 unspecified atom stereocenters. The smallest absolute Gasteiger partial charge is 0.226 e. The third-order valence-corrected chi connectivity index (χ3v) is 6.48. The van der Waals surface area contributed by atoms with Gasteiger partial charge in [-0.1, -0.05) is 55.9 Å². The lowest BCUT2D eigenvalue weighted by Crippen LogP contribution is -2.26. The van der Waals surface area contributed by atoms with Crippen LogP contribution >= 0.6 is 11.8 Å². The third-order valence-electron chi connectivity index (χ3n) is 5.15. The Kier molecular flexibility index (Phi) is 5.58. The van der Waals surface area contributed by atoms with E-state index in [-0.39, 0.29) is 10.8 Å². The van der Waals surface area contributed by atoms with E-state index < -0.39 is 0 Å². The number of fused-ring (bicyclic) bond motifs is 1. The Bertz CT molecular complexity index is 1070. The number of methoxy groups -OCH3 is 1. The van der Waals surface area contributed by atoms with Gasteiger partial charge in [-0.3, -0.25) is 9.78 Å². The fourth-order valence-electron chi connectivity index (χ4n) is 3.54. The van der Waals surface area contributed by atoms with Crippen molar-refractivity contribution >= 4 is 17.4 Å². The SMILES string of the molecule is COc1cc(C(C)C)ccc(C2Sc3ccccc3N2Cc2ccccn2)c1=O. The summed E-state index contributed by atoms with van der Waals surface area (Å²) < 4.78 is 5.47. The number of hydrogen-bond acceptors (Lipinski definition) is 5. The van der Waals surface area contributed by atoms with Crippen LogP contribution in [0.25, 0.3) is 0 Å². The van der Waals surface area contributed by atoms with E-state index in [9.17, 15) is 4.79 Å². The molecule has 1 atom stereocenters. The molecule has 4 rings (SSSR count). The molecular weight excluding hydrogens is 380 g/mol. The van der Waals surface area contributed by atoms with E-state index in [2.05, 4.69) is 35.9 Å². The van der Waals surface area contributed by atoms with Crippen molar-refractivity contribution < 1.29 is 4.74 Å². The molecule has 0 saturated heterocycles. The number of anilines is 1. The van der Waals surface area contributed by atoms with Gasteiger partial charge in [-0.25, -0.2) is 0 Å². The zero-order valence-electron chi connectivity index (χ0n) is 16.8. The van der Waals surface area contributed by atoms with Crippen LogP contribution in [0.4, 0.5) is 5.69 Å². The first-order valence-electron chi connectivity index (χ1n) is 9.73. The molecule has 4 nitrogen and oxygen atoms in total. The Morgan fingerprint density at radius 3 is 2.62 bits per heavy atom. The van der Waals surface area contributed by atoms with Gasteiger partial charge in [-0.15, -0.1) is 0 Å². The molecule has 0 aliphatic carbocycles. The number of aromatic nitrogens is 1. The lowest BCUT2D eigenvalue weighted by molar-refractivity contribution is 0.410. The Morgan fingerprint density at radius 1 is 1.10 bits per heavy atom. The lowest BCUT2D eigenvalue weighted by Gasteiger charge is -2.26. The fraction of sp³-hybridized carbons (Fsp3) is 0.250. The van der Waals surface area contributed by atoms with Gasteiger partial charge in [-0.2, -0.15) is 0 Å². The highest BCUT2D eigenvalue weighted by atomic mass is 32.2. The number of pyridine rings is 1. The van der Waals surface area contributed by atoms with Gasteiger partial charge in [-0.05, 0) is 41.8 Å². The van der Waals surface area contributed by atoms with Crippen molar-refractivity contribution in [1.82, 2.24) is 4.98 Å². The van der Waals surface area contributed by atoms with E-state index in [1.54, 1.807) is 25.1 Å². The molecule has 5 heteroatoms. The largest absolute Gasteiger partial charge is 0.493 e. The van der Waals surface area contributed by atoms with Crippen LogP contribution in [0.2, 0.25) is 0 Å². The quantitative estimate of drug-likeness (QED) is 0.571. The third kappa shape index (κ3) is 3.87. The predicted octanol–water partition coefficient (Wildman–Crippen LogP) is 5.38. The Balaban J connectivity index is 1.83. The van der Waals surface area contributed by atoms with Crippen molar-refractivity contribution in [2.24, 2.45) is 0 Å². The van der Waals surface area contributed by atoms with Gasteiger partial charge in [0.15, 0.2) is 5.75 Å². The maximum Gasteiger partial charge on any atom is 0.226 e. The number of benzene rings is 1. The summed E-state index contributed by atoms with van der Waals surface area (Å²) >= 11 is 1.70. The molecule has 0 radical (unpaired) electrons. The highest BCUT2D eigenvalue weighted by molar-refractivity contribution is 8.00. The van der Waals surface area contributed by atoms with Gasteiger partial charge < -0.3 is 9.64 Å². The first-order chi connectivity index (χ1) is 14.1. The molecule has 1 aliphatic heterocycles. The molecule has 29 heavy (non-hydrogen) atoms. The first-order valence-corrected chi connectivity index (χ1v) is 10.6. The van der Waals surface area contributed by atoms with Crippen molar-refractivity contribution in [2.75, 3.05) is 12.0 Å². The number of hydrogen-bond donors (Lipinski definition) is 0. The molecule has 0 amide bonds. The Hall–Kier alpha value is -2.79. The van der Waals surface area contributed by atoms with Gasteiger partial charge in [0.2, 0.25) is 5.43 Å². The van der Waals surface area contributed by atoms with Crippen LogP contribution in [0, 0.1) is 0 Å². The van der Waals surface area contributed by atoms with Gasteiger partial charge in [0.05, 0.1) is 25.0 Å². The normalized spacial score (nSPS) is 15.4. The van der Waals surface area contributed by atoms with Gasteiger partial charge >= 0.3 is 0 Å². The molecule has 1 aliphatic rings. The first kappa shape index (κ1) is 19.5. The predicted molar refractivity (Wildman–Crippen MR) is 119 cm³/mol. The minimum absolute atomic E-state index is 0.0595. The van der Waals surface area contributed by atoms with Crippen LogP contribution in [-0.4, -0.2) is 12.1 Å². The summed E-state index contributed by atoms with van der Waals surface area (Å²) in [4.78, 5) is 21.3. The molecule has 3 aromatic rings. The van der Waals surface area contributed by atoms with Crippen molar-refractivity contribution in [3.8, 4) is 5.75 Å². The van der Waals surface area contributed by atoms with E-state index >= 15 is 0 Å². The summed E-state index contributed by atoms with van der Waals surface area (Å²) in [5, 5.41) is -0.136.